The van der Waals surface area contributed by atoms with E-state index in [1.807, 2.05) is 6.07 Å². The number of para-hydroxylation sites is 3. The van der Waals surface area contributed by atoms with E-state index < -0.39 is 0 Å². The first-order chi connectivity index (χ1) is 34.6. The average molecular weight is 957 g/mol. The Hall–Kier alpha value is -7.54. The first kappa shape index (κ1) is 45.6. The van der Waals surface area contributed by atoms with E-state index in [4.69, 9.17) is 9.40 Å². The Morgan fingerprint density at radius 2 is 1.12 bits per heavy atom. The van der Waals surface area contributed by atoms with Crippen LogP contribution in [0.25, 0.3) is 71.8 Å². The van der Waals surface area contributed by atoms with Crippen LogP contribution in [0.15, 0.2) is 202 Å². The fourth-order valence-corrected chi connectivity index (χ4v) is 11.6. The molecule has 4 heterocycles. The van der Waals surface area contributed by atoms with E-state index in [1.165, 1.54) is 60.7 Å². The molecule has 1 aliphatic rings. The summed E-state index contributed by atoms with van der Waals surface area (Å²) in [7, 11) is 0. The second-order valence-electron chi connectivity index (χ2n) is 22.6. The van der Waals surface area contributed by atoms with E-state index in [0.29, 0.717) is 0 Å². The highest BCUT2D eigenvalue weighted by molar-refractivity contribution is 7.99. The van der Waals surface area contributed by atoms with Crippen molar-refractivity contribution in [2.75, 3.05) is 16.5 Å². The zero-order valence-corrected chi connectivity index (χ0v) is 43.5. The van der Waals surface area contributed by atoms with Gasteiger partial charge in [-0.1, -0.05) is 171 Å². The Morgan fingerprint density at radius 3 is 1.86 bits per heavy atom. The summed E-state index contributed by atoms with van der Waals surface area (Å²) < 4.78 is 8.74. The summed E-state index contributed by atoms with van der Waals surface area (Å²) >= 11 is 1.80. The highest BCUT2D eigenvalue weighted by atomic mass is 32.2. The van der Waals surface area contributed by atoms with Crippen LogP contribution < -0.4 is 9.80 Å². The smallest absolute Gasteiger partial charge is 0.137 e. The molecule has 8 aromatic carbocycles. The minimum absolute atomic E-state index is 0.0191. The Balaban J connectivity index is 0.962. The van der Waals surface area contributed by atoms with E-state index in [0.717, 1.165) is 67.0 Å². The molecule has 0 bridgehead atoms. The summed E-state index contributed by atoms with van der Waals surface area (Å²) in [4.78, 5) is 12.6. The summed E-state index contributed by atoms with van der Waals surface area (Å²) in [6.07, 6.45) is 2.08. The second kappa shape index (κ2) is 17.1. The topological polar surface area (TPSA) is 37.4 Å². The minimum Gasteiger partial charge on any atom is -0.456 e. The lowest BCUT2D eigenvalue weighted by Crippen LogP contribution is -2.25. The van der Waals surface area contributed by atoms with Gasteiger partial charge in [-0.15, -0.1) is 0 Å². The van der Waals surface area contributed by atoms with Gasteiger partial charge in [0.05, 0.1) is 22.4 Å². The number of rotatable bonds is 7. The standard InChI is InChI=1S/C66H60N4OS/c1-64(2,3)44-34-45(65(4,5)6)36-47(35-44)69-41-68(57-25-14-15-26-58(57)69)46-21-17-22-48(37-46)72-49-30-31-51-53-33-43(50-24-18-28-61-63(50)52-23-13-16-27-60(52)71-61)29-32-56(53)70(59(51)38-49)62-39-55(66(7,8)9)54(40-67-62)42-19-11-10-12-20-42/h10-40H,41H2,1-9H3. The molecule has 0 fully saturated rings. The summed E-state index contributed by atoms with van der Waals surface area (Å²) in [5, 5.41) is 4.62. The van der Waals surface area contributed by atoms with Gasteiger partial charge in [0.2, 0.25) is 0 Å². The molecule has 0 spiro atoms. The minimum atomic E-state index is -0.133. The van der Waals surface area contributed by atoms with Crippen molar-refractivity contribution in [1.82, 2.24) is 9.55 Å². The van der Waals surface area contributed by atoms with Gasteiger partial charge >= 0.3 is 0 Å². The van der Waals surface area contributed by atoms with Crippen LogP contribution >= 0.6 is 11.8 Å². The number of aromatic nitrogens is 2. The molecule has 0 saturated heterocycles. The number of hydrogen-bond acceptors (Lipinski definition) is 5. The Bertz CT molecular complexity index is 3860. The van der Waals surface area contributed by atoms with Gasteiger partial charge in [0.1, 0.15) is 23.7 Å². The van der Waals surface area contributed by atoms with Crippen molar-refractivity contribution in [3.05, 3.63) is 205 Å². The largest absolute Gasteiger partial charge is 0.456 e. The van der Waals surface area contributed by atoms with Gasteiger partial charge in [-0.3, -0.25) is 4.57 Å². The lowest BCUT2D eigenvalue weighted by Gasteiger charge is -2.29. The predicted molar refractivity (Wildman–Crippen MR) is 305 cm³/mol. The van der Waals surface area contributed by atoms with Crippen molar-refractivity contribution in [3.63, 3.8) is 0 Å². The van der Waals surface area contributed by atoms with Crippen molar-refractivity contribution in [1.29, 1.82) is 0 Å². The molecule has 3 aromatic heterocycles. The maximum atomic E-state index is 6.36. The van der Waals surface area contributed by atoms with Gasteiger partial charge in [-0.2, -0.15) is 0 Å². The van der Waals surface area contributed by atoms with E-state index >= 15 is 0 Å². The summed E-state index contributed by atoms with van der Waals surface area (Å²) in [6.45, 7) is 21.5. The van der Waals surface area contributed by atoms with Crippen LogP contribution in [0.1, 0.15) is 79.0 Å². The van der Waals surface area contributed by atoms with Crippen molar-refractivity contribution in [2.24, 2.45) is 0 Å². The highest BCUT2D eigenvalue weighted by Gasteiger charge is 2.31. The molecule has 12 rings (SSSR count). The molecule has 0 unspecified atom stereocenters. The number of benzene rings is 8. The first-order valence-electron chi connectivity index (χ1n) is 25.2. The van der Waals surface area contributed by atoms with Crippen LogP contribution in [-0.2, 0) is 16.2 Å². The lowest BCUT2D eigenvalue weighted by molar-refractivity contribution is 0.568. The zero-order valence-electron chi connectivity index (χ0n) is 42.7. The number of fused-ring (bicyclic) bond motifs is 7. The quantitative estimate of drug-likeness (QED) is 0.159. The van der Waals surface area contributed by atoms with Crippen molar-refractivity contribution in [3.8, 4) is 28.1 Å². The van der Waals surface area contributed by atoms with Gasteiger partial charge < -0.3 is 14.2 Å². The molecular weight excluding hydrogens is 897 g/mol. The van der Waals surface area contributed by atoms with Crippen LogP contribution in [0, 0.1) is 0 Å². The summed E-state index contributed by atoms with van der Waals surface area (Å²) in [5.41, 5.74) is 17.3. The molecule has 0 radical (unpaired) electrons. The molecule has 0 saturated carbocycles. The SMILES string of the molecule is CC(C)(C)c1cc(N2CN(c3cccc(Sc4ccc5c6cc(-c7cccc8oc9ccccc9c78)ccc6n(-c6cc(C(C)(C)C)c(-c7ccccc7)cn6)c5c4)c3)c3ccccc32)cc(C(C)(C)C)c1. The highest BCUT2D eigenvalue weighted by Crippen LogP contribution is 2.48. The number of furan rings is 1. The first-order valence-corrected chi connectivity index (χ1v) is 26.0. The molecule has 72 heavy (non-hydrogen) atoms. The fourth-order valence-electron chi connectivity index (χ4n) is 10.7. The molecule has 0 aliphatic carbocycles. The molecular formula is C66H60N4OS. The van der Waals surface area contributed by atoms with Crippen molar-refractivity contribution >= 4 is 78.3 Å². The van der Waals surface area contributed by atoms with Crippen LogP contribution in [0.4, 0.5) is 22.7 Å². The molecule has 1 aliphatic heterocycles. The van der Waals surface area contributed by atoms with E-state index in [1.54, 1.807) is 11.8 Å². The normalized spacial score (nSPS) is 13.3. The van der Waals surface area contributed by atoms with Crippen LogP contribution in [0.2, 0.25) is 0 Å². The molecule has 0 amide bonds. The molecule has 5 nitrogen and oxygen atoms in total. The zero-order chi connectivity index (χ0) is 49.7. The van der Waals surface area contributed by atoms with E-state index in [9.17, 15) is 0 Å². The molecule has 11 aromatic rings. The molecule has 6 heteroatoms. The Morgan fingerprint density at radius 1 is 0.458 bits per heavy atom. The molecule has 356 valence electrons. The van der Waals surface area contributed by atoms with Gasteiger partial charge in [0.15, 0.2) is 0 Å². The Kier molecular flexibility index (Phi) is 10.8. The maximum Gasteiger partial charge on any atom is 0.137 e. The number of hydrogen-bond donors (Lipinski definition) is 0. The second-order valence-corrected chi connectivity index (χ2v) is 23.7. The summed E-state index contributed by atoms with van der Waals surface area (Å²) in [5.74, 6) is 0.902. The Labute approximate surface area is 427 Å². The van der Waals surface area contributed by atoms with Gasteiger partial charge in [0.25, 0.3) is 0 Å². The van der Waals surface area contributed by atoms with Crippen LogP contribution in [0.5, 0.6) is 0 Å². The predicted octanol–water partition coefficient (Wildman–Crippen LogP) is 18.7. The summed E-state index contributed by atoms with van der Waals surface area (Å²) in [6, 6.07) is 66.7. The van der Waals surface area contributed by atoms with Gasteiger partial charge in [0, 0.05) is 54.5 Å². The van der Waals surface area contributed by atoms with Gasteiger partial charge in [-0.05, 0) is 135 Å². The fraction of sp³-hybridized carbons (Fsp3) is 0.197. The molecule has 0 N–H and O–H groups in total. The monoisotopic (exact) mass is 956 g/mol. The number of anilines is 4. The third-order valence-electron chi connectivity index (χ3n) is 14.5. The van der Waals surface area contributed by atoms with E-state index in [2.05, 4.69) is 259 Å². The third kappa shape index (κ3) is 8.03. The average Bonchev–Trinajstić information content (AvgIpc) is 4.05. The third-order valence-corrected chi connectivity index (χ3v) is 15.5. The van der Waals surface area contributed by atoms with Gasteiger partial charge in [-0.25, -0.2) is 4.98 Å². The van der Waals surface area contributed by atoms with Crippen molar-refractivity contribution < 1.29 is 4.42 Å². The van der Waals surface area contributed by atoms with Crippen LogP contribution in [-0.4, -0.2) is 16.2 Å². The number of nitrogens with zero attached hydrogens (tertiary/aromatic N) is 4. The lowest BCUT2D eigenvalue weighted by atomic mass is 9.80. The van der Waals surface area contributed by atoms with Crippen molar-refractivity contribution in [2.45, 2.75) is 88.3 Å². The van der Waals surface area contributed by atoms with E-state index in [-0.39, 0.29) is 16.2 Å². The van der Waals surface area contributed by atoms with Crippen LogP contribution in [0.3, 0.4) is 0 Å². The number of pyridine rings is 1. The molecule has 0 atom stereocenters. The maximum absolute atomic E-state index is 6.36.